The van der Waals surface area contributed by atoms with E-state index in [1.807, 2.05) is 0 Å². The van der Waals surface area contributed by atoms with Crippen LogP contribution in [-0.2, 0) is 4.79 Å². The minimum atomic E-state index is -4.69. The van der Waals surface area contributed by atoms with E-state index in [9.17, 15) is 26.7 Å². The zero-order valence-electron chi connectivity index (χ0n) is 8.39. The highest BCUT2D eigenvalue weighted by atomic mass is 32.7. The highest BCUT2D eigenvalue weighted by molar-refractivity contribution is 8.60. The lowest BCUT2D eigenvalue weighted by Gasteiger charge is -2.16. The van der Waals surface area contributed by atoms with Gasteiger partial charge in [-0.25, -0.2) is 8.78 Å². The number of hydrogen-bond donors (Lipinski definition) is 0. The van der Waals surface area contributed by atoms with Crippen molar-refractivity contribution in [3.05, 3.63) is 29.8 Å². The van der Waals surface area contributed by atoms with E-state index < -0.39 is 30.2 Å². The van der Waals surface area contributed by atoms with E-state index >= 15 is 0 Å². The van der Waals surface area contributed by atoms with Crippen LogP contribution < -0.4 is 0 Å². The molecule has 0 amide bonds. The Labute approximate surface area is 98.9 Å². The second kappa shape index (κ2) is 5.31. The third-order valence-corrected chi connectivity index (χ3v) is 5.78. The molecule has 0 bridgehead atoms. The van der Waals surface area contributed by atoms with E-state index in [0.29, 0.717) is 6.07 Å². The molecule has 0 aromatic heterocycles. The van der Waals surface area contributed by atoms with E-state index in [-0.39, 0.29) is 16.3 Å². The van der Waals surface area contributed by atoms with Crippen LogP contribution in [0, 0.1) is 11.6 Å². The molecule has 0 heterocycles. The molecule has 0 fully saturated rings. The Hall–Kier alpha value is -0.680. The van der Waals surface area contributed by atoms with Gasteiger partial charge >= 0.3 is 5.92 Å². The molecule has 0 spiro atoms. The summed E-state index contributed by atoms with van der Waals surface area (Å²) in [7, 11) is -3.02. The molecule has 0 saturated carbocycles. The van der Waals surface area contributed by atoms with Gasteiger partial charge in [0.05, 0.1) is 0 Å². The molecule has 0 N–H and O–H groups in total. The number of hydrogen-bond acceptors (Lipinski definition) is 2. The molecule has 8 heteroatoms. The first-order valence-corrected chi connectivity index (χ1v) is 6.98. The van der Waals surface area contributed by atoms with Crippen LogP contribution >= 0.6 is 18.5 Å². The molecule has 0 aliphatic heterocycles. The maximum atomic E-state index is 12.8. The van der Waals surface area contributed by atoms with Crippen LogP contribution in [0.5, 0.6) is 0 Å². The average Bonchev–Trinajstić information content (AvgIpc) is 2.10. The first kappa shape index (κ1) is 14.4. The van der Waals surface area contributed by atoms with Gasteiger partial charge in [0.25, 0.3) is 0 Å². The largest absolute Gasteiger partial charge is 0.422 e. The van der Waals surface area contributed by atoms with Crippen molar-refractivity contribution in [3.63, 3.8) is 0 Å². The van der Waals surface area contributed by atoms with Crippen molar-refractivity contribution in [2.75, 3.05) is 0 Å². The smallest absolute Gasteiger partial charge is 0.294 e. The van der Waals surface area contributed by atoms with Gasteiger partial charge in [0.15, 0.2) is 5.52 Å². The lowest BCUT2D eigenvalue weighted by Crippen LogP contribution is -2.07. The first-order chi connectivity index (χ1) is 7.70. The molecule has 1 nitrogen and oxygen atoms in total. The van der Waals surface area contributed by atoms with Crippen molar-refractivity contribution >= 4 is 24.0 Å². The summed E-state index contributed by atoms with van der Waals surface area (Å²) in [5.41, 5.74) is -1.05. The monoisotopic (exact) mass is 288 g/mol. The van der Waals surface area contributed by atoms with E-state index in [1.54, 1.807) is 0 Å². The molecule has 1 rings (SSSR count). The third kappa shape index (κ3) is 4.24. The molecule has 0 saturated heterocycles. The molecule has 1 atom stereocenters. The predicted octanol–water partition coefficient (Wildman–Crippen LogP) is 4.52. The number of carbonyl (C=O) groups is 1. The topological polar surface area (TPSA) is 17.1 Å². The summed E-state index contributed by atoms with van der Waals surface area (Å²) in [4.78, 5) is 10.6. The van der Waals surface area contributed by atoms with Gasteiger partial charge in [-0.2, -0.15) is 13.2 Å². The van der Waals surface area contributed by atoms with Crippen LogP contribution in [0.3, 0.4) is 0 Å². The standard InChI is InChI=1S/C9H6F5OPS/c1-5(15)16(9(12,13)14)17-8-3-6(10)2-7(11)4-8/h2-4H,1H3. The highest BCUT2D eigenvalue weighted by Crippen LogP contribution is 2.65. The van der Waals surface area contributed by atoms with Gasteiger partial charge in [0.1, 0.15) is 18.8 Å². The van der Waals surface area contributed by atoms with Crippen molar-refractivity contribution in [2.45, 2.75) is 17.7 Å². The second-order valence-corrected chi connectivity index (χ2v) is 7.00. The van der Waals surface area contributed by atoms with Crippen LogP contribution in [0.15, 0.2) is 23.1 Å². The van der Waals surface area contributed by atoms with Crippen LogP contribution in [0.2, 0.25) is 0 Å². The van der Waals surface area contributed by atoms with E-state index in [1.165, 1.54) is 0 Å². The average molecular weight is 288 g/mol. The molecule has 1 aromatic rings. The molecule has 0 radical (unpaired) electrons. The Bertz CT molecular complexity index is 414. The van der Waals surface area contributed by atoms with E-state index in [4.69, 9.17) is 0 Å². The Morgan fingerprint density at radius 2 is 1.65 bits per heavy atom. The lowest BCUT2D eigenvalue weighted by molar-refractivity contribution is -0.111. The summed E-state index contributed by atoms with van der Waals surface area (Å²) in [6.07, 6.45) is 0. The molecular formula is C9H6F5OPS. The summed E-state index contributed by atoms with van der Waals surface area (Å²) in [5.74, 6) is -6.64. The summed E-state index contributed by atoms with van der Waals surface area (Å²) in [6, 6.07) is 2.07. The third-order valence-electron chi connectivity index (χ3n) is 1.55. The molecule has 1 unspecified atom stereocenters. The Balaban J connectivity index is 2.98. The van der Waals surface area contributed by atoms with Crippen molar-refractivity contribution in [1.29, 1.82) is 0 Å². The molecule has 17 heavy (non-hydrogen) atoms. The molecule has 1 aromatic carbocycles. The number of halogens is 5. The summed E-state index contributed by atoms with van der Waals surface area (Å²) in [6.45, 7) is 0.807. The van der Waals surface area contributed by atoms with Crippen LogP contribution in [0.4, 0.5) is 22.0 Å². The van der Waals surface area contributed by atoms with Crippen molar-refractivity contribution in [3.8, 4) is 0 Å². The van der Waals surface area contributed by atoms with Crippen LogP contribution in [-0.4, -0.2) is 11.4 Å². The fourth-order valence-electron chi connectivity index (χ4n) is 0.981. The lowest BCUT2D eigenvalue weighted by atomic mass is 10.3. The molecule has 94 valence electrons. The molecular weight excluding hydrogens is 282 g/mol. The zero-order valence-corrected chi connectivity index (χ0v) is 10.1. The summed E-state index contributed by atoms with van der Waals surface area (Å²) in [5, 5.41) is 0. The summed E-state index contributed by atoms with van der Waals surface area (Å²) >= 11 is 0.142. The number of benzene rings is 1. The van der Waals surface area contributed by atoms with Gasteiger partial charge in [-0.1, -0.05) is 11.4 Å². The Morgan fingerprint density at radius 3 is 2.00 bits per heavy atom. The van der Waals surface area contributed by atoms with Gasteiger partial charge in [0.2, 0.25) is 0 Å². The summed E-state index contributed by atoms with van der Waals surface area (Å²) < 4.78 is 62.9. The maximum absolute atomic E-state index is 12.8. The minimum Gasteiger partial charge on any atom is -0.294 e. The second-order valence-electron chi connectivity index (χ2n) is 2.98. The van der Waals surface area contributed by atoms with Gasteiger partial charge in [-0.3, -0.25) is 4.79 Å². The van der Waals surface area contributed by atoms with Crippen molar-refractivity contribution < 1.29 is 26.7 Å². The predicted molar refractivity (Wildman–Crippen MR) is 55.9 cm³/mol. The first-order valence-electron chi connectivity index (χ1n) is 4.21. The van der Waals surface area contributed by atoms with Crippen LogP contribution in [0.1, 0.15) is 6.92 Å². The van der Waals surface area contributed by atoms with Gasteiger partial charge < -0.3 is 0 Å². The van der Waals surface area contributed by atoms with E-state index in [2.05, 4.69) is 0 Å². The fourth-order valence-corrected chi connectivity index (χ4v) is 3.76. The minimum absolute atomic E-state index is 0.142. The zero-order chi connectivity index (χ0) is 13.2. The Morgan fingerprint density at radius 1 is 1.18 bits per heavy atom. The highest BCUT2D eigenvalue weighted by Gasteiger charge is 2.44. The number of rotatable bonds is 3. The normalized spacial score (nSPS) is 13.5. The number of carbonyl (C=O) groups excluding carboxylic acids is 1. The van der Waals surface area contributed by atoms with Crippen molar-refractivity contribution in [2.24, 2.45) is 0 Å². The van der Waals surface area contributed by atoms with Gasteiger partial charge in [-0.15, -0.1) is 0 Å². The fraction of sp³-hybridized carbons (Fsp3) is 0.222. The molecule has 0 aliphatic carbocycles. The maximum Gasteiger partial charge on any atom is 0.422 e. The van der Waals surface area contributed by atoms with Crippen molar-refractivity contribution in [1.82, 2.24) is 0 Å². The Kier molecular flexibility index (Phi) is 4.49. The van der Waals surface area contributed by atoms with Gasteiger partial charge in [-0.05, 0) is 19.1 Å². The molecule has 0 aliphatic rings. The van der Waals surface area contributed by atoms with Crippen LogP contribution in [0.25, 0.3) is 0 Å². The SMILES string of the molecule is CC(=O)P(Sc1cc(F)cc(F)c1)C(F)(F)F. The number of alkyl halides is 3. The van der Waals surface area contributed by atoms with Gasteiger partial charge in [0, 0.05) is 11.0 Å². The quantitative estimate of drug-likeness (QED) is 0.601. The van der Waals surface area contributed by atoms with E-state index in [0.717, 1.165) is 19.1 Å².